The van der Waals surface area contributed by atoms with Gasteiger partial charge >= 0.3 is 0 Å². The van der Waals surface area contributed by atoms with Crippen molar-refractivity contribution in [3.8, 4) is 0 Å². The van der Waals surface area contributed by atoms with Gasteiger partial charge in [0.15, 0.2) is 0 Å². The van der Waals surface area contributed by atoms with E-state index in [4.69, 9.17) is 4.74 Å². The predicted octanol–water partition coefficient (Wildman–Crippen LogP) is 1.05. The highest BCUT2D eigenvalue weighted by atomic mass is 16.5. The van der Waals surface area contributed by atoms with Gasteiger partial charge in [-0.05, 0) is 39.9 Å². The van der Waals surface area contributed by atoms with E-state index in [1.54, 1.807) is 7.11 Å². The van der Waals surface area contributed by atoms with E-state index in [0.29, 0.717) is 0 Å². The minimum Gasteiger partial charge on any atom is -0.385 e. The summed E-state index contributed by atoms with van der Waals surface area (Å²) in [6, 6.07) is 0.756. The van der Waals surface area contributed by atoms with E-state index in [9.17, 15) is 0 Å². The maximum Gasteiger partial charge on any atom is 0.0474 e. The van der Waals surface area contributed by atoms with Crippen LogP contribution in [0.15, 0.2) is 0 Å². The molecule has 0 aromatic carbocycles. The summed E-state index contributed by atoms with van der Waals surface area (Å²) in [7, 11) is 6.14. The van der Waals surface area contributed by atoms with E-state index in [1.807, 2.05) is 0 Å². The van der Waals surface area contributed by atoms with Crippen LogP contribution in [-0.2, 0) is 4.74 Å². The molecule has 0 spiro atoms. The minimum atomic E-state index is 0.756. The summed E-state index contributed by atoms with van der Waals surface area (Å²) < 4.78 is 5.07. The Labute approximate surface area is 88.0 Å². The van der Waals surface area contributed by atoms with Gasteiger partial charge in [0.05, 0.1) is 0 Å². The van der Waals surface area contributed by atoms with Gasteiger partial charge in [0.1, 0.15) is 0 Å². The van der Waals surface area contributed by atoms with Gasteiger partial charge in [-0.15, -0.1) is 0 Å². The molecule has 3 nitrogen and oxygen atoms in total. The Hall–Kier alpha value is -0.120. The third-order valence-electron chi connectivity index (χ3n) is 3.03. The summed E-state index contributed by atoms with van der Waals surface area (Å²) in [5.74, 6) is 0. The molecule has 1 heterocycles. The molecule has 84 valence electrons. The zero-order valence-corrected chi connectivity index (χ0v) is 9.83. The fourth-order valence-electron chi connectivity index (χ4n) is 2.09. The molecule has 1 fully saturated rings. The molecule has 3 heteroatoms. The monoisotopic (exact) mass is 200 g/mol. The Morgan fingerprint density at radius 1 is 1.43 bits per heavy atom. The van der Waals surface area contributed by atoms with Crippen molar-refractivity contribution in [1.29, 1.82) is 0 Å². The lowest BCUT2D eigenvalue weighted by atomic mass is 10.0. The van der Waals surface area contributed by atoms with Crippen LogP contribution in [0.25, 0.3) is 0 Å². The third-order valence-corrected chi connectivity index (χ3v) is 3.03. The first-order chi connectivity index (χ1) is 6.74. The molecular weight excluding hydrogens is 176 g/mol. The first-order valence-electron chi connectivity index (χ1n) is 5.61. The van der Waals surface area contributed by atoms with Crippen molar-refractivity contribution >= 4 is 0 Å². The fraction of sp³-hybridized carbons (Fsp3) is 1.00. The zero-order valence-electron chi connectivity index (χ0n) is 9.83. The third kappa shape index (κ3) is 3.95. The van der Waals surface area contributed by atoms with Crippen LogP contribution >= 0.6 is 0 Å². The quantitative estimate of drug-likeness (QED) is 0.617. The highest BCUT2D eigenvalue weighted by Gasteiger charge is 2.20. The number of likely N-dealkylation sites (tertiary alicyclic amines) is 1. The van der Waals surface area contributed by atoms with Gasteiger partial charge in [0, 0.05) is 32.8 Å². The number of piperidine rings is 1. The average Bonchev–Trinajstić information content (AvgIpc) is 2.19. The SMILES string of the molecule is COCCCN1CCCC(N(C)C)C1. The minimum absolute atomic E-state index is 0.756. The van der Waals surface area contributed by atoms with E-state index in [1.165, 1.54) is 32.5 Å². The summed E-state index contributed by atoms with van der Waals surface area (Å²) in [6.07, 6.45) is 3.86. The first-order valence-corrected chi connectivity index (χ1v) is 5.61. The average molecular weight is 200 g/mol. The Balaban J connectivity index is 2.19. The summed E-state index contributed by atoms with van der Waals surface area (Å²) in [5, 5.41) is 0. The van der Waals surface area contributed by atoms with Crippen LogP contribution in [0.3, 0.4) is 0 Å². The summed E-state index contributed by atoms with van der Waals surface area (Å²) >= 11 is 0. The molecule has 1 rings (SSSR count). The Bertz CT molecular complexity index is 150. The van der Waals surface area contributed by atoms with Crippen molar-refractivity contribution in [2.45, 2.75) is 25.3 Å². The van der Waals surface area contributed by atoms with Gasteiger partial charge in [-0.3, -0.25) is 0 Å². The van der Waals surface area contributed by atoms with Crippen molar-refractivity contribution < 1.29 is 4.74 Å². The van der Waals surface area contributed by atoms with Crippen molar-refractivity contribution in [2.75, 3.05) is 47.4 Å². The number of rotatable bonds is 5. The smallest absolute Gasteiger partial charge is 0.0474 e. The van der Waals surface area contributed by atoms with Crippen molar-refractivity contribution in [3.05, 3.63) is 0 Å². The molecule has 1 saturated heterocycles. The lowest BCUT2D eigenvalue weighted by molar-refractivity contribution is 0.117. The van der Waals surface area contributed by atoms with E-state index < -0.39 is 0 Å². The van der Waals surface area contributed by atoms with E-state index in [-0.39, 0.29) is 0 Å². The molecule has 14 heavy (non-hydrogen) atoms. The highest BCUT2D eigenvalue weighted by molar-refractivity contribution is 4.77. The van der Waals surface area contributed by atoms with E-state index >= 15 is 0 Å². The van der Waals surface area contributed by atoms with Gasteiger partial charge in [-0.25, -0.2) is 0 Å². The molecule has 1 unspecified atom stereocenters. The van der Waals surface area contributed by atoms with Gasteiger partial charge in [-0.2, -0.15) is 0 Å². The Morgan fingerprint density at radius 2 is 2.21 bits per heavy atom. The fourth-order valence-corrected chi connectivity index (χ4v) is 2.09. The Morgan fingerprint density at radius 3 is 2.86 bits per heavy atom. The molecule has 0 radical (unpaired) electrons. The topological polar surface area (TPSA) is 15.7 Å². The molecule has 1 aliphatic rings. The van der Waals surface area contributed by atoms with Crippen molar-refractivity contribution in [3.63, 3.8) is 0 Å². The van der Waals surface area contributed by atoms with Gasteiger partial charge in [0.25, 0.3) is 0 Å². The maximum atomic E-state index is 5.07. The molecule has 0 saturated carbocycles. The number of likely N-dealkylation sites (N-methyl/N-ethyl adjacent to an activating group) is 1. The van der Waals surface area contributed by atoms with Crippen molar-refractivity contribution in [1.82, 2.24) is 9.80 Å². The largest absolute Gasteiger partial charge is 0.385 e. The Kier molecular flexibility index (Phi) is 5.45. The van der Waals surface area contributed by atoms with Gasteiger partial charge in [-0.1, -0.05) is 0 Å². The van der Waals surface area contributed by atoms with Gasteiger partial charge in [0.2, 0.25) is 0 Å². The summed E-state index contributed by atoms with van der Waals surface area (Å²) in [4.78, 5) is 4.91. The van der Waals surface area contributed by atoms with E-state index in [0.717, 1.165) is 19.1 Å². The second-order valence-corrected chi connectivity index (χ2v) is 4.41. The number of nitrogens with zero attached hydrogens (tertiary/aromatic N) is 2. The van der Waals surface area contributed by atoms with Crippen LogP contribution in [-0.4, -0.2) is 63.3 Å². The zero-order chi connectivity index (χ0) is 10.4. The van der Waals surface area contributed by atoms with Crippen LogP contribution in [0, 0.1) is 0 Å². The van der Waals surface area contributed by atoms with Crippen LogP contribution < -0.4 is 0 Å². The number of hydrogen-bond acceptors (Lipinski definition) is 3. The maximum absolute atomic E-state index is 5.07. The predicted molar refractivity (Wildman–Crippen MR) is 59.6 cm³/mol. The molecule has 1 atom stereocenters. The molecule has 0 aliphatic carbocycles. The second-order valence-electron chi connectivity index (χ2n) is 4.41. The molecule has 0 aromatic rings. The molecule has 0 aromatic heterocycles. The molecule has 0 N–H and O–H groups in total. The molecule has 0 amide bonds. The number of methoxy groups -OCH3 is 1. The molecular formula is C11H24N2O. The summed E-state index contributed by atoms with van der Waals surface area (Å²) in [6.45, 7) is 4.59. The molecule has 1 aliphatic heterocycles. The van der Waals surface area contributed by atoms with Crippen LogP contribution in [0.5, 0.6) is 0 Å². The number of hydrogen-bond donors (Lipinski definition) is 0. The first kappa shape index (κ1) is 12.0. The standard InChI is InChI=1S/C11H24N2O/c1-12(2)11-6-4-7-13(10-11)8-5-9-14-3/h11H,4-10H2,1-3H3. The lowest BCUT2D eigenvalue weighted by Gasteiger charge is -2.36. The normalized spacial score (nSPS) is 24.4. The van der Waals surface area contributed by atoms with Crippen LogP contribution in [0.1, 0.15) is 19.3 Å². The highest BCUT2D eigenvalue weighted by Crippen LogP contribution is 2.13. The molecule has 0 bridgehead atoms. The summed E-state index contributed by atoms with van der Waals surface area (Å²) in [5.41, 5.74) is 0. The van der Waals surface area contributed by atoms with Crippen LogP contribution in [0.2, 0.25) is 0 Å². The second kappa shape index (κ2) is 6.38. The lowest BCUT2D eigenvalue weighted by Crippen LogP contribution is -2.45. The van der Waals surface area contributed by atoms with E-state index in [2.05, 4.69) is 23.9 Å². The number of ether oxygens (including phenoxy) is 1. The van der Waals surface area contributed by atoms with Gasteiger partial charge < -0.3 is 14.5 Å². The van der Waals surface area contributed by atoms with Crippen molar-refractivity contribution in [2.24, 2.45) is 0 Å². The van der Waals surface area contributed by atoms with Crippen LogP contribution in [0.4, 0.5) is 0 Å².